The molecule has 1 N–H and O–H groups in total. The zero-order chi connectivity index (χ0) is 41.0. The summed E-state index contributed by atoms with van der Waals surface area (Å²) in [4.78, 5) is 27.9. The molecule has 2 aliphatic carbocycles. The molecule has 3 heterocycles. The first-order valence-corrected chi connectivity index (χ1v) is 21.0. The average Bonchev–Trinajstić information content (AvgIpc) is 3.35. The fourth-order valence-electron chi connectivity index (χ4n) is 8.72. The fourth-order valence-corrected chi connectivity index (χ4v) is 8.72. The van der Waals surface area contributed by atoms with Gasteiger partial charge in [0.2, 0.25) is 0 Å². The molecule has 0 bridgehead atoms. The molecule has 0 fully saturated rings. The number of benzene rings is 5. The van der Waals surface area contributed by atoms with Crippen LogP contribution >= 0.6 is 0 Å². The molecule has 1 aromatic heterocycles. The Labute approximate surface area is 357 Å². The van der Waals surface area contributed by atoms with Crippen LogP contribution in [0.15, 0.2) is 220 Å². The van der Waals surface area contributed by atoms with Crippen LogP contribution in [0.3, 0.4) is 0 Å². The van der Waals surface area contributed by atoms with E-state index in [0.29, 0.717) is 5.84 Å². The lowest BCUT2D eigenvalue weighted by Crippen LogP contribution is -2.42. The summed E-state index contributed by atoms with van der Waals surface area (Å²) < 4.78 is 0. The van der Waals surface area contributed by atoms with Crippen molar-refractivity contribution >= 4 is 23.3 Å². The van der Waals surface area contributed by atoms with E-state index in [9.17, 15) is 0 Å². The van der Waals surface area contributed by atoms with Gasteiger partial charge in [0.25, 0.3) is 0 Å². The van der Waals surface area contributed by atoms with E-state index in [1.165, 1.54) is 0 Å². The molecule has 0 saturated heterocycles. The van der Waals surface area contributed by atoms with Crippen LogP contribution in [0.5, 0.6) is 0 Å². The third-order valence-corrected chi connectivity index (χ3v) is 11.8. The van der Waals surface area contributed by atoms with Gasteiger partial charge in [-0.3, -0.25) is 4.98 Å². The van der Waals surface area contributed by atoms with Crippen LogP contribution < -0.4 is 5.32 Å². The van der Waals surface area contributed by atoms with Crippen LogP contribution in [0.1, 0.15) is 41.3 Å². The summed E-state index contributed by atoms with van der Waals surface area (Å²) >= 11 is 0. The predicted molar refractivity (Wildman–Crippen MR) is 251 cm³/mol. The van der Waals surface area contributed by atoms with Gasteiger partial charge in [-0.15, -0.1) is 0 Å². The minimum atomic E-state index is -0.358. The fraction of sp³-hybridized carbons (Fsp3) is 0.130. The highest BCUT2D eigenvalue weighted by Crippen LogP contribution is 2.44. The monoisotopic (exact) mass is 791 g/mol. The van der Waals surface area contributed by atoms with Crippen LogP contribution in [0.4, 0.5) is 0 Å². The Balaban J connectivity index is 1.13. The average molecular weight is 792 g/mol. The molecule has 0 saturated carbocycles. The lowest BCUT2D eigenvalue weighted by atomic mass is 9.84. The standard InChI is InChI=1S/C54H45N7/c1-61-53(41-25-12-5-13-26-41)59-51(40-23-10-4-11-24-40)60-54(61)47-30-17-15-28-43(47)45-32-18-31-44(48(45)37-33-35-55-36-34-37)42-27-14-16-29-46(42)52-57-49(38-19-6-2-7-20-38)56-50(58-52)39-21-8-3-9-22-39/h2-19,21,23-36,38-39,49,54H,20,22H2,1H3,(H,56,57,58). The molecule has 4 unspecified atom stereocenters. The van der Waals surface area contributed by atoms with Crippen LogP contribution in [0, 0.1) is 11.8 Å². The van der Waals surface area contributed by atoms with Crippen molar-refractivity contribution in [1.82, 2.24) is 15.2 Å². The van der Waals surface area contributed by atoms with E-state index in [4.69, 9.17) is 20.0 Å². The highest BCUT2D eigenvalue weighted by molar-refractivity contribution is 6.16. The van der Waals surface area contributed by atoms with Crippen LogP contribution in [0.2, 0.25) is 0 Å². The van der Waals surface area contributed by atoms with E-state index >= 15 is 0 Å². The molecule has 6 aromatic rings. The Morgan fingerprint density at radius 2 is 1.18 bits per heavy atom. The van der Waals surface area contributed by atoms with E-state index < -0.39 is 0 Å². The zero-order valence-electron chi connectivity index (χ0n) is 34.0. The Bertz CT molecular complexity index is 2810. The molecule has 7 nitrogen and oxygen atoms in total. The molecule has 10 rings (SSSR count). The first-order chi connectivity index (χ1) is 30.2. The number of nitrogens with one attached hydrogen (secondary N) is 1. The maximum atomic E-state index is 5.41. The number of pyridine rings is 1. The summed E-state index contributed by atoms with van der Waals surface area (Å²) in [5, 5.41) is 3.75. The van der Waals surface area contributed by atoms with Gasteiger partial charge < -0.3 is 10.2 Å². The molecular weight excluding hydrogens is 747 g/mol. The molecule has 0 spiro atoms. The summed E-state index contributed by atoms with van der Waals surface area (Å²) in [7, 11) is 2.09. The quantitative estimate of drug-likeness (QED) is 0.158. The third kappa shape index (κ3) is 7.62. The number of rotatable bonds is 9. The van der Waals surface area contributed by atoms with Gasteiger partial charge in [0.15, 0.2) is 18.2 Å². The molecular formula is C54H45N7. The van der Waals surface area contributed by atoms with Crippen molar-refractivity contribution in [3.8, 4) is 33.4 Å². The van der Waals surface area contributed by atoms with Crippen LogP contribution in [0.25, 0.3) is 33.4 Å². The van der Waals surface area contributed by atoms with Gasteiger partial charge in [0.1, 0.15) is 17.5 Å². The summed E-state index contributed by atoms with van der Waals surface area (Å²) in [6.45, 7) is 0. The number of aromatic nitrogens is 1. The van der Waals surface area contributed by atoms with Crippen LogP contribution in [-0.4, -0.2) is 46.4 Å². The highest BCUT2D eigenvalue weighted by atomic mass is 15.3. The van der Waals surface area contributed by atoms with Gasteiger partial charge in [-0.25, -0.2) is 20.0 Å². The minimum Gasteiger partial charge on any atom is -0.333 e. The van der Waals surface area contributed by atoms with Crippen molar-refractivity contribution in [3.63, 3.8) is 0 Å². The Kier molecular flexibility index (Phi) is 10.5. The van der Waals surface area contributed by atoms with Gasteiger partial charge in [0.05, 0.1) is 0 Å². The molecule has 61 heavy (non-hydrogen) atoms. The summed E-state index contributed by atoms with van der Waals surface area (Å²) in [5.74, 6) is 3.69. The zero-order valence-corrected chi connectivity index (χ0v) is 34.0. The molecule has 2 aliphatic heterocycles. The molecule has 0 radical (unpaired) electrons. The smallest absolute Gasteiger partial charge is 0.159 e. The van der Waals surface area contributed by atoms with Crippen molar-refractivity contribution in [1.29, 1.82) is 0 Å². The number of allylic oxidation sites excluding steroid dienone is 6. The van der Waals surface area contributed by atoms with Gasteiger partial charge in [0, 0.05) is 53.5 Å². The van der Waals surface area contributed by atoms with Gasteiger partial charge in [-0.05, 0) is 58.4 Å². The SMILES string of the molecule is CN1C(c2ccccc2)=NC(c2ccccc2)=NC1c1ccccc1-c1cccc(-c2ccccc2C2=NC(C3C=CC=CC3)N=C(C3C=CC=CC3)N2)c1-c1ccncc1. The van der Waals surface area contributed by atoms with Crippen molar-refractivity contribution in [3.05, 3.63) is 223 Å². The third-order valence-electron chi connectivity index (χ3n) is 11.8. The number of aliphatic imine (C=N–C) groups is 4. The predicted octanol–water partition coefficient (Wildman–Crippen LogP) is 11.3. The topological polar surface area (TPSA) is 77.6 Å². The Morgan fingerprint density at radius 3 is 1.90 bits per heavy atom. The number of amidine groups is 4. The molecule has 5 aromatic carbocycles. The maximum absolute atomic E-state index is 5.41. The van der Waals surface area contributed by atoms with Crippen molar-refractivity contribution in [2.45, 2.75) is 25.2 Å². The summed E-state index contributed by atoms with van der Waals surface area (Å²) in [5.41, 5.74) is 10.7. The van der Waals surface area contributed by atoms with E-state index in [-0.39, 0.29) is 24.2 Å². The second-order valence-electron chi connectivity index (χ2n) is 15.6. The first-order valence-electron chi connectivity index (χ1n) is 21.0. The molecule has 4 atom stereocenters. The molecule has 4 aliphatic rings. The maximum Gasteiger partial charge on any atom is 0.159 e. The minimum absolute atomic E-state index is 0.149. The number of hydrogen-bond donors (Lipinski definition) is 1. The van der Waals surface area contributed by atoms with Crippen molar-refractivity contribution in [2.24, 2.45) is 31.8 Å². The van der Waals surface area contributed by atoms with E-state index in [1.807, 2.05) is 36.7 Å². The second-order valence-corrected chi connectivity index (χ2v) is 15.6. The summed E-state index contributed by atoms with van der Waals surface area (Å²) in [6.07, 6.45) is 22.3. The summed E-state index contributed by atoms with van der Waals surface area (Å²) in [6, 6.07) is 48.8. The lowest BCUT2D eigenvalue weighted by Gasteiger charge is -2.34. The number of nitrogens with zero attached hydrogens (tertiary/aromatic N) is 6. The van der Waals surface area contributed by atoms with E-state index in [2.05, 4.69) is 186 Å². The lowest BCUT2D eigenvalue weighted by molar-refractivity contribution is 0.383. The van der Waals surface area contributed by atoms with E-state index in [0.717, 1.165) is 86.0 Å². The van der Waals surface area contributed by atoms with Gasteiger partial charge in [-0.2, -0.15) is 0 Å². The normalized spacial score (nSPS) is 20.6. The van der Waals surface area contributed by atoms with Crippen LogP contribution in [-0.2, 0) is 0 Å². The molecule has 296 valence electrons. The van der Waals surface area contributed by atoms with Crippen molar-refractivity contribution < 1.29 is 0 Å². The molecule has 0 amide bonds. The Morgan fingerprint density at radius 1 is 0.541 bits per heavy atom. The van der Waals surface area contributed by atoms with Gasteiger partial charge >= 0.3 is 0 Å². The molecule has 7 heteroatoms. The largest absolute Gasteiger partial charge is 0.333 e. The Hall–Kier alpha value is -7.51. The second kappa shape index (κ2) is 17.0. The van der Waals surface area contributed by atoms with Gasteiger partial charge in [-0.1, -0.05) is 176 Å². The number of hydrogen-bond acceptors (Lipinski definition) is 7. The first kappa shape index (κ1) is 37.7. The van der Waals surface area contributed by atoms with E-state index in [1.54, 1.807) is 0 Å². The van der Waals surface area contributed by atoms with Crippen molar-refractivity contribution in [2.75, 3.05) is 7.05 Å². The highest BCUT2D eigenvalue weighted by Gasteiger charge is 2.31.